The van der Waals surface area contributed by atoms with Crippen molar-refractivity contribution in [3.05, 3.63) is 21.5 Å². The second-order valence-electron chi connectivity index (χ2n) is 5.56. The molecule has 2 rings (SSSR count). The number of carbonyl (C=O) groups is 1. The van der Waals surface area contributed by atoms with Crippen LogP contribution >= 0.6 is 12.4 Å². The summed E-state index contributed by atoms with van der Waals surface area (Å²) in [5, 5.41) is 17.8. The van der Waals surface area contributed by atoms with Gasteiger partial charge in [0.2, 0.25) is 5.91 Å². The SMILES string of the molecule is Cc1nn(CCC(=O)NCC(N)C2CC2)c(C)c1[N+](=O)[O-].Cl. The number of nitro groups is 1. The van der Waals surface area contributed by atoms with E-state index in [9.17, 15) is 14.9 Å². The van der Waals surface area contributed by atoms with Gasteiger partial charge in [0.15, 0.2) is 0 Å². The van der Waals surface area contributed by atoms with E-state index in [1.165, 1.54) is 4.68 Å². The highest BCUT2D eigenvalue weighted by Crippen LogP contribution is 2.31. The Hall–Kier alpha value is -1.67. The maximum absolute atomic E-state index is 11.8. The summed E-state index contributed by atoms with van der Waals surface area (Å²) < 4.78 is 1.51. The summed E-state index contributed by atoms with van der Waals surface area (Å²) in [4.78, 5) is 22.2. The fraction of sp³-hybridized carbons (Fsp3) is 0.692. The van der Waals surface area contributed by atoms with Gasteiger partial charge in [0.05, 0.1) is 11.5 Å². The van der Waals surface area contributed by atoms with Crippen LogP contribution < -0.4 is 11.1 Å². The zero-order valence-electron chi connectivity index (χ0n) is 12.7. The van der Waals surface area contributed by atoms with Crippen molar-refractivity contribution in [2.45, 2.75) is 45.7 Å². The van der Waals surface area contributed by atoms with Gasteiger partial charge in [0.25, 0.3) is 0 Å². The molecular formula is C13H22ClN5O3. The zero-order chi connectivity index (χ0) is 15.6. The number of aryl methyl sites for hydroxylation is 2. The number of nitrogens with one attached hydrogen (secondary N) is 1. The van der Waals surface area contributed by atoms with Crippen molar-refractivity contribution in [3.8, 4) is 0 Å². The number of hydrogen-bond donors (Lipinski definition) is 2. The molecule has 1 amide bonds. The standard InChI is InChI=1S/C13H21N5O3.ClH/c1-8-13(18(20)21)9(2)17(16-8)6-5-12(19)15-7-11(14)10-3-4-10;/h10-11H,3-7,14H2,1-2H3,(H,15,19);1H. The average Bonchev–Trinajstić information content (AvgIpc) is 3.20. The molecule has 0 saturated heterocycles. The molecule has 8 nitrogen and oxygen atoms in total. The average molecular weight is 332 g/mol. The fourth-order valence-corrected chi connectivity index (χ4v) is 2.39. The molecule has 1 aliphatic carbocycles. The number of amides is 1. The minimum Gasteiger partial charge on any atom is -0.354 e. The third kappa shape index (κ3) is 4.41. The van der Waals surface area contributed by atoms with Crippen molar-refractivity contribution in [2.75, 3.05) is 6.54 Å². The van der Waals surface area contributed by atoms with Crippen LogP contribution in [0, 0.1) is 29.9 Å². The lowest BCUT2D eigenvalue weighted by Crippen LogP contribution is -2.38. The summed E-state index contributed by atoms with van der Waals surface area (Å²) in [5.74, 6) is 0.435. The predicted molar refractivity (Wildman–Crippen MR) is 83.9 cm³/mol. The first-order valence-electron chi connectivity index (χ1n) is 7.10. The van der Waals surface area contributed by atoms with Crippen molar-refractivity contribution < 1.29 is 9.72 Å². The Morgan fingerprint density at radius 3 is 2.68 bits per heavy atom. The van der Waals surface area contributed by atoms with Crippen LogP contribution in [0.1, 0.15) is 30.7 Å². The molecule has 124 valence electrons. The van der Waals surface area contributed by atoms with Gasteiger partial charge in [0.1, 0.15) is 11.4 Å². The summed E-state index contributed by atoms with van der Waals surface area (Å²) >= 11 is 0. The molecule has 0 aliphatic heterocycles. The van der Waals surface area contributed by atoms with Gasteiger partial charge in [-0.2, -0.15) is 5.10 Å². The minimum atomic E-state index is -0.442. The van der Waals surface area contributed by atoms with Crippen molar-refractivity contribution >= 4 is 24.0 Å². The van der Waals surface area contributed by atoms with Crippen LogP contribution in [0.5, 0.6) is 0 Å². The first kappa shape index (κ1) is 18.4. The van der Waals surface area contributed by atoms with Crippen LogP contribution in [0.25, 0.3) is 0 Å². The van der Waals surface area contributed by atoms with Crippen molar-refractivity contribution in [2.24, 2.45) is 11.7 Å². The Morgan fingerprint density at radius 1 is 1.55 bits per heavy atom. The first-order chi connectivity index (χ1) is 9.90. The largest absolute Gasteiger partial charge is 0.354 e. The van der Waals surface area contributed by atoms with Gasteiger partial charge in [-0.1, -0.05) is 0 Å². The maximum atomic E-state index is 11.8. The number of aromatic nitrogens is 2. The summed E-state index contributed by atoms with van der Waals surface area (Å²) in [5.41, 5.74) is 6.77. The normalized spacial score (nSPS) is 15.0. The van der Waals surface area contributed by atoms with Crippen LogP contribution in [0.15, 0.2) is 0 Å². The zero-order valence-corrected chi connectivity index (χ0v) is 13.6. The van der Waals surface area contributed by atoms with Crippen molar-refractivity contribution in [1.29, 1.82) is 0 Å². The third-order valence-electron chi connectivity index (χ3n) is 3.84. The van der Waals surface area contributed by atoms with Gasteiger partial charge in [-0.3, -0.25) is 19.6 Å². The Labute approximate surface area is 135 Å². The summed E-state index contributed by atoms with van der Waals surface area (Å²) in [7, 11) is 0. The maximum Gasteiger partial charge on any atom is 0.312 e. The molecule has 22 heavy (non-hydrogen) atoms. The molecule has 0 spiro atoms. The molecule has 0 radical (unpaired) electrons. The Bertz CT molecular complexity index is 556. The number of nitrogens with two attached hydrogens (primary N) is 1. The molecule has 9 heteroatoms. The van der Waals surface area contributed by atoms with Gasteiger partial charge >= 0.3 is 5.69 Å². The van der Waals surface area contributed by atoms with Crippen molar-refractivity contribution in [3.63, 3.8) is 0 Å². The van der Waals surface area contributed by atoms with Gasteiger partial charge < -0.3 is 11.1 Å². The highest BCUT2D eigenvalue weighted by atomic mass is 35.5. The predicted octanol–water partition coefficient (Wildman–Crippen LogP) is 1.07. The van der Waals surface area contributed by atoms with Crippen LogP contribution in [-0.2, 0) is 11.3 Å². The molecule has 1 fully saturated rings. The van der Waals surface area contributed by atoms with Gasteiger partial charge in [-0.25, -0.2) is 0 Å². The molecule has 0 aromatic carbocycles. The monoisotopic (exact) mass is 331 g/mol. The molecular weight excluding hydrogens is 310 g/mol. The van der Waals surface area contributed by atoms with E-state index in [-0.39, 0.29) is 36.5 Å². The lowest BCUT2D eigenvalue weighted by atomic mass is 10.2. The number of nitrogens with zero attached hydrogens (tertiary/aromatic N) is 3. The van der Waals surface area contributed by atoms with E-state index in [1.54, 1.807) is 13.8 Å². The second kappa shape index (κ2) is 7.55. The van der Waals surface area contributed by atoms with E-state index in [2.05, 4.69) is 10.4 Å². The van der Waals surface area contributed by atoms with Crippen LogP contribution in [0.3, 0.4) is 0 Å². The Morgan fingerprint density at radius 2 is 2.18 bits per heavy atom. The molecule has 0 bridgehead atoms. The highest BCUT2D eigenvalue weighted by Gasteiger charge is 2.28. The highest BCUT2D eigenvalue weighted by molar-refractivity contribution is 5.85. The van der Waals surface area contributed by atoms with Crippen LogP contribution in [-0.4, -0.2) is 33.2 Å². The second-order valence-corrected chi connectivity index (χ2v) is 5.56. The van der Waals surface area contributed by atoms with E-state index < -0.39 is 4.92 Å². The fourth-order valence-electron chi connectivity index (χ4n) is 2.39. The molecule has 1 unspecified atom stereocenters. The number of hydrogen-bond acceptors (Lipinski definition) is 5. The number of halogens is 1. The molecule has 1 aliphatic rings. The summed E-state index contributed by atoms with van der Waals surface area (Å²) in [6, 6.07) is 0.0312. The van der Waals surface area contributed by atoms with E-state index in [0.29, 0.717) is 30.4 Å². The van der Waals surface area contributed by atoms with Crippen LogP contribution in [0.2, 0.25) is 0 Å². The first-order valence-corrected chi connectivity index (χ1v) is 7.10. The van der Waals surface area contributed by atoms with Gasteiger partial charge in [-0.05, 0) is 32.6 Å². The van der Waals surface area contributed by atoms with E-state index >= 15 is 0 Å². The minimum absolute atomic E-state index is 0. The summed E-state index contributed by atoms with van der Waals surface area (Å²) in [6.07, 6.45) is 2.52. The van der Waals surface area contributed by atoms with Crippen molar-refractivity contribution in [1.82, 2.24) is 15.1 Å². The summed E-state index contributed by atoms with van der Waals surface area (Å²) in [6.45, 7) is 4.04. The Balaban J connectivity index is 0.00000242. The van der Waals surface area contributed by atoms with Gasteiger partial charge in [0, 0.05) is 19.0 Å². The lowest BCUT2D eigenvalue weighted by molar-refractivity contribution is -0.386. The number of carbonyl (C=O) groups excluding carboxylic acids is 1. The van der Waals surface area contributed by atoms with E-state index in [4.69, 9.17) is 5.73 Å². The molecule has 1 heterocycles. The number of rotatable bonds is 7. The molecule has 1 aromatic rings. The van der Waals surface area contributed by atoms with E-state index in [0.717, 1.165) is 12.8 Å². The van der Waals surface area contributed by atoms with E-state index in [1.807, 2.05) is 0 Å². The quantitative estimate of drug-likeness (QED) is 0.572. The third-order valence-corrected chi connectivity index (χ3v) is 3.84. The molecule has 1 aromatic heterocycles. The molecule has 1 atom stereocenters. The topological polar surface area (TPSA) is 116 Å². The molecule has 3 N–H and O–H groups in total. The van der Waals surface area contributed by atoms with Gasteiger partial charge in [-0.15, -0.1) is 12.4 Å². The molecule has 1 saturated carbocycles. The Kier molecular flexibility index (Phi) is 6.31. The lowest BCUT2D eigenvalue weighted by Gasteiger charge is -2.11. The smallest absolute Gasteiger partial charge is 0.312 e. The van der Waals surface area contributed by atoms with Crippen LogP contribution in [0.4, 0.5) is 5.69 Å².